The van der Waals surface area contributed by atoms with Crippen LogP contribution in [-0.2, 0) is 9.59 Å². The molecule has 0 bridgehead atoms. The second kappa shape index (κ2) is 6.79. The molecule has 16 heavy (non-hydrogen) atoms. The Hall–Kier alpha value is -1.62. The number of rotatable bonds is 7. The lowest BCUT2D eigenvalue weighted by atomic mass is 9.93. The monoisotopic (exact) mass is 227 g/mol. The maximum atomic E-state index is 10.9. The van der Waals surface area contributed by atoms with Gasteiger partial charge in [0, 0.05) is 0 Å². The first-order valence-corrected chi connectivity index (χ1v) is 4.90. The molecule has 2 unspecified atom stereocenters. The highest BCUT2D eigenvalue weighted by Gasteiger charge is 2.24. The summed E-state index contributed by atoms with van der Waals surface area (Å²) in [5, 5.41) is 17.5. The van der Waals surface area contributed by atoms with E-state index < -0.39 is 23.9 Å². The largest absolute Gasteiger partial charge is 0.481 e. The lowest BCUT2D eigenvalue weighted by molar-refractivity contribution is -0.143. The third-order valence-electron chi connectivity index (χ3n) is 2.12. The molecule has 4 N–H and O–H groups in total. The summed E-state index contributed by atoms with van der Waals surface area (Å²) in [5.74, 6) is -3.06. The SMILES string of the molecule is C=C(C=CC)CC(CC(N)C(=O)O)C(=O)O. The Morgan fingerprint density at radius 2 is 1.94 bits per heavy atom. The average molecular weight is 227 g/mol. The highest BCUT2D eigenvalue weighted by molar-refractivity contribution is 5.76. The minimum atomic E-state index is -1.19. The van der Waals surface area contributed by atoms with E-state index in [1.54, 1.807) is 19.1 Å². The number of carboxylic acid groups (broad SMARTS) is 2. The van der Waals surface area contributed by atoms with Crippen molar-refractivity contribution in [2.45, 2.75) is 25.8 Å². The molecule has 0 aromatic heterocycles. The number of nitrogens with two attached hydrogens (primary N) is 1. The maximum absolute atomic E-state index is 10.9. The Balaban J connectivity index is 4.45. The second-order valence-electron chi connectivity index (χ2n) is 3.58. The molecule has 2 atom stereocenters. The molecule has 0 spiro atoms. The summed E-state index contributed by atoms with van der Waals surface area (Å²) in [6.45, 7) is 5.48. The van der Waals surface area contributed by atoms with Gasteiger partial charge in [-0.3, -0.25) is 9.59 Å². The summed E-state index contributed by atoms with van der Waals surface area (Å²) in [4.78, 5) is 21.4. The number of carbonyl (C=O) groups is 2. The molecule has 0 rings (SSSR count). The Bertz CT molecular complexity index is 309. The molecule has 90 valence electrons. The lowest BCUT2D eigenvalue weighted by Gasteiger charge is -2.14. The number of hydrogen-bond donors (Lipinski definition) is 3. The molecule has 0 saturated heterocycles. The van der Waals surface area contributed by atoms with Gasteiger partial charge in [0.05, 0.1) is 5.92 Å². The Morgan fingerprint density at radius 3 is 2.31 bits per heavy atom. The van der Waals surface area contributed by atoms with E-state index in [4.69, 9.17) is 15.9 Å². The van der Waals surface area contributed by atoms with Crippen molar-refractivity contribution >= 4 is 11.9 Å². The van der Waals surface area contributed by atoms with Crippen LogP contribution in [0, 0.1) is 5.92 Å². The van der Waals surface area contributed by atoms with Crippen LogP contribution < -0.4 is 5.73 Å². The summed E-state index contributed by atoms with van der Waals surface area (Å²) < 4.78 is 0. The van der Waals surface area contributed by atoms with Crippen molar-refractivity contribution in [1.82, 2.24) is 0 Å². The number of aliphatic carboxylic acids is 2. The normalized spacial score (nSPS) is 14.6. The van der Waals surface area contributed by atoms with E-state index in [1.807, 2.05) is 0 Å². The van der Waals surface area contributed by atoms with Gasteiger partial charge in [0.15, 0.2) is 0 Å². The van der Waals surface area contributed by atoms with Crippen molar-refractivity contribution in [3.63, 3.8) is 0 Å². The van der Waals surface area contributed by atoms with Crippen LogP contribution in [0.15, 0.2) is 24.3 Å². The lowest BCUT2D eigenvalue weighted by Crippen LogP contribution is -2.34. The molecule has 0 amide bonds. The van der Waals surface area contributed by atoms with Crippen molar-refractivity contribution < 1.29 is 19.8 Å². The van der Waals surface area contributed by atoms with Gasteiger partial charge in [-0.05, 0) is 19.8 Å². The van der Waals surface area contributed by atoms with Gasteiger partial charge in [-0.25, -0.2) is 0 Å². The van der Waals surface area contributed by atoms with Crippen LogP contribution in [0.3, 0.4) is 0 Å². The van der Waals surface area contributed by atoms with Gasteiger partial charge in [-0.2, -0.15) is 0 Å². The molecule has 5 heteroatoms. The van der Waals surface area contributed by atoms with Crippen molar-refractivity contribution in [2.24, 2.45) is 11.7 Å². The molecule has 0 saturated carbocycles. The molecule has 0 aliphatic heterocycles. The molecule has 0 aliphatic rings. The molecule has 0 aromatic rings. The summed E-state index contributed by atoms with van der Waals surface area (Å²) >= 11 is 0. The molecule has 5 nitrogen and oxygen atoms in total. The van der Waals surface area contributed by atoms with Crippen LogP contribution in [-0.4, -0.2) is 28.2 Å². The molecule has 0 aliphatic carbocycles. The summed E-state index contributed by atoms with van der Waals surface area (Å²) in [6.07, 6.45) is 3.56. The Morgan fingerprint density at radius 1 is 1.38 bits per heavy atom. The van der Waals surface area contributed by atoms with Crippen molar-refractivity contribution in [1.29, 1.82) is 0 Å². The second-order valence-corrected chi connectivity index (χ2v) is 3.58. The highest BCUT2D eigenvalue weighted by atomic mass is 16.4. The third-order valence-corrected chi connectivity index (χ3v) is 2.12. The van der Waals surface area contributed by atoms with E-state index in [2.05, 4.69) is 6.58 Å². The minimum absolute atomic E-state index is 0.0960. The van der Waals surface area contributed by atoms with Crippen LogP contribution >= 0.6 is 0 Å². The molecule has 0 fully saturated rings. The van der Waals surface area contributed by atoms with Gasteiger partial charge in [0.25, 0.3) is 0 Å². The van der Waals surface area contributed by atoms with E-state index in [9.17, 15) is 9.59 Å². The molecule has 0 aromatic carbocycles. The zero-order chi connectivity index (χ0) is 12.7. The Labute approximate surface area is 94.3 Å². The number of carboxylic acids is 2. The van der Waals surface area contributed by atoms with E-state index in [-0.39, 0.29) is 12.8 Å². The van der Waals surface area contributed by atoms with Gasteiger partial charge in [-0.1, -0.05) is 24.3 Å². The van der Waals surface area contributed by atoms with Crippen molar-refractivity contribution in [3.8, 4) is 0 Å². The van der Waals surface area contributed by atoms with Crippen LogP contribution in [0.2, 0.25) is 0 Å². The molecular weight excluding hydrogens is 210 g/mol. The van der Waals surface area contributed by atoms with Gasteiger partial charge in [0.1, 0.15) is 6.04 Å². The first-order valence-electron chi connectivity index (χ1n) is 4.90. The fourth-order valence-electron chi connectivity index (χ4n) is 1.30. The van der Waals surface area contributed by atoms with E-state index in [0.29, 0.717) is 5.57 Å². The molecule has 0 heterocycles. The predicted molar refractivity (Wildman–Crippen MR) is 59.9 cm³/mol. The van der Waals surface area contributed by atoms with Crippen molar-refractivity contribution in [3.05, 3.63) is 24.3 Å². The minimum Gasteiger partial charge on any atom is -0.481 e. The smallest absolute Gasteiger partial charge is 0.320 e. The molecular formula is C11H17NO4. The van der Waals surface area contributed by atoms with E-state index >= 15 is 0 Å². The first kappa shape index (κ1) is 14.4. The highest BCUT2D eigenvalue weighted by Crippen LogP contribution is 2.17. The fourth-order valence-corrected chi connectivity index (χ4v) is 1.30. The van der Waals surface area contributed by atoms with E-state index in [0.717, 1.165) is 0 Å². The van der Waals surface area contributed by atoms with Gasteiger partial charge < -0.3 is 15.9 Å². The fraction of sp³-hybridized carbons (Fsp3) is 0.455. The number of allylic oxidation sites excluding steroid dienone is 3. The average Bonchev–Trinajstić information content (AvgIpc) is 2.16. The van der Waals surface area contributed by atoms with Crippen LogP contribution in [0.5, 0.6) is 0 Å². The third kappa shape index (κ3) is 5.31. The quantitative estimate of drug-likeness (QED) is 0.563. The zero-order valence-electron chi connectivity index (χ0n) is 9.22. The van der Waals surface area contributed by atoms with Crippen molar-refractivity contribution in [2.75, 3.05) is 0 Å². The topological polar surface area (TPSA) is 101 Å². The summed E-state index contributed by atoms with van der Waals surface area (Å²) in [7, 11) is 0. The van der Waals surface area contributed by atoms with Crippen LogP contribution in [0.1, 0.15) is 19.8 Å². The van der Waals surface area contributed by atoms with Crippen LogP contribution in [0.25, 0.3) is 0 Å². The maximum Gasteiger partial charge on any atom is 0.320 e. The van der Waals surface area contributed by atoms with Gasteiger partial charge in [0.2, 0.25) is 0 Å². The summed E-state index contributed by atoms with van der Waals surface area (Å²) in [6, 6.07) is -1.15. The summed E-state index contributed by atoms with van der Waals surface area (Å²) in [5.41, 5.74) is 5.94. The molecule has 0 radical (unpaired) electrons. The standard InChI is InChI=1S/C11H17NO4/c1-3-4-7(2)5-8(10(13)14)6-9(12)11(15)16/h3-4,8-9H,2,5-6,12H2,1H3,(H,13,14)(H,15,16). The van der Waals surface area contributed by atoms with E-state index in [1.165, 1.54) is 0 Å². The predicted octanol–water partition coefficient (Wildman–Crippen LogP) is 1.01. The first-order chi connectivity index (χ1) is 7.38. The Kier molecular flexibility index (Phi) is 6.10. The number of hydrogen-bond acceptors (Lipinski definition) is 3. The zero-order valence-corrected chi connectivity index (χ0v) is 9.22. The van der Waals surface area contributed by atoms with Gasteiger partial charge >= 0.3 is 11.9 Å². The van der Waals surface area contributed by atoms with Gasteiger partial charge in [-0.15, -0.1) is 0 Å². The van der Waals surface area contributed by atoms with Crippen LogP contribution in [0.4, 0.5) is 0 Å².